The van der Waals surface area contributed by atoms with Crippen LogP contribution in [-0.4, -0.2) is 37.2 Å². The van der Waals surface area contributed by atoms with Crippen molar-refractivity contribution in [1.29, 1.82) is 0 Å². The van der Waals surface area contributed by atoms with Gasteiger partial charge in [0, 0.05) is 18.2 Å². The van der Waals surface area contributed by atoms with Crippen LogP contribution in [0.5, 0.6) is 0 Å². The summed E-state index contributed by atoms with van der Waals surface area (Å²) in [5, 5.41) is 1.05. The van der Waals surface area contributed by atoms with Crippen molar-refractivity contribution in [3.05, 3.63) is 40.4 Å². The van der Waals surface area contributed by atoms with Crippen LogP contribution in [0.4, 0.5) is 4.39 Å². The third kappa shape index (κ3) is 2.47. The van der Waals surface area contributed by atoms with Crippen LogP contribution >= 0.6 is 11.8 Å². The predicted molar refractivity (Wildman–Crippen MR) is 95.3 cm³/mol. The molecule has 1 aliphatic rings. The van der Waals surface area contributed by atoms with Gasteiger partial charge in [0.05, 0.1) is 5.69 Å². The average Bonchev–Trinajstić information content (AvgIpc) is 3.41. The summed E-state index contributed by atoms with van der Waals surface area (Å²) >= 11 is 1.41. The van der Waals surface area contributed by atoms with Crippen LogP contribution in [0, 0.1) is 0 Å². The van der Waals surface area contributed by atoms with Gasteiger partial charge in [0.25, 0.3) is 5.56 Å². The van der Waals surface area contributed by atoms with E-state index in [0.29, 0.717) is 28.6 Å². The Morgan fingerprint density at radius 1 is 1.32 bits per heavy atom. The van der Waals surface area contributed by atoms with Crippen molar-refractivity contribution in [2.45, 2.75) is 36.9 Å². The van der Waals surface area contributed by atoms with E-state index >= 15 is 0 Å². The van der Waals surface area contributed by atoms with Crippen LogP contribution in [0.2, 0.25) is 0 Å². The van der Waals surface area contributed by atoms with Crippen molar-refractivity contribution in [2.24, 2.45) is 0 Å². The molecule has 4 rings (SSSR count). The van der Waals surface area contributed by atoms with Gasteiger partial charge in [0.1, 0.15) is 12.1 Å². The van der Waals surface area contributed by atoms with E-state index in [0.717, 1.165) is 18.5 Å². The quantitative estimate of drug-likeness (QED) is 0.518. The van der Waals surface area contributed by atoms with E-state index in [-0.39, 0.29) is 5.56 Å². The average molecular weight is 359 g/mol. The first kappa shape index (κ1) is 16.3. The van der Waals surface area contributed by atoms with Crippen LogP contribution in [0.15, 0.2) is 34.3 Å². The zero-order chi connectivity index (χ0) is 17.6. The topological polar surface area (TPSA) is 65.6 Å². The van der Waals surface area contributed by atoms with Gasteiger partial charge in [0.15, 0.2) is 16.6 Å². The van der Waals surface area contributed by atoms with Gasteiger partial charge in [-0.2, -0.15) is 0 Å². The highest BCUT2D eigenvalue weighted by Crippen LogP contribution is 2.47. The predicted octanol–water partition coefficient (Wildman–Crippen LogP) is 2.72. The fourth-order valence-corrected chi connectivity index (χ4v) is 3.41. The molecule has 0 aromatic carbocycles. The van der Waals surface area contributed by atoms with E-state index < -0.39 is 12.1 Å². The van der Waals surface area contributed by atoms with Crippen LogP contribution < -0.4 is 5.56 Å². The summed E-state index contributed by atoms with van der Waals surface area (Å²) in [6.07, 6.45) is 5.07. The van der Waals surface area contributed by atoms with Crippen molar-refractivity contribution >= 4 is 22.8 Å². The first-order valence-corrected chi connectivity index (χ1v) is 9.42. The minimum Gasteiger partial charge on any atom is -0.267 e. The molecular formula is C17H18FN5OS. The second-order valence-corrected chi connectivity index (χ2v) is 7.00. The van der Waals surface area contributed by atoms with E-state index in [1.807, 2.05) is 31.4 Å². The maximum Gasteiger partial charge on any atom is 0.278 e. The number of thioether (sulfide) groups is 1. The molecule has 3 aromatic rings. The second kappa shape index (κ2) is 5.94. The van der Waals surface area contributed by atoms with E-state index in [1.165, 1.54) is 11.8 Å². The number of hydrogen-bond donors (Lipinski definition) is 0. The first-order chi connectivity index (χ1) is 12.1. The highest BCUT2D eigenvalue weighted by atomic mass is 32.2. The lowest BCUT2D eigenvalue weighted by Crippen LogP contribution is -2.22. The molecule has 0 radical (unpaired) electrons. The van der Waals surface area contributed by atoms with Crippen molar-refractivity contribution in [1.82, 2.24) is 24.3 Å². The summed E-state index contributed by atoms with van der Waals surface area (Å²) in [6, 6.07) is 5.54. The molecule has 25 heavy (non-hydrogen) atoms. The summed E-state index contributed by atoms with van der Waals surface area (Å²) < 4.78 is 16.7. The van der Waals surface area contributed by atoms with Gasteiger partial charge in [0.2, 0.25) is 0 Å². The normalized spacial score (nSPS) is 15.6. The molecule has 0 bridgehead atoms. The molecule has 1 fully saturated rings. The Labute approximate surface area is 148 Å². The SMILES string of the molecule is CCn1c(=O)c2cnc(SC)nc2n1-c1cccc(C2(CF)CC2)n1. The largest absolute Gasteiger partial charge is 0.278 e. The highest BCUT2D eigenvalue weighted by Gasteiger charge is 2.46. The molecule has 0 N–H and O–H groups in total. The summed E-state index contributed by atoms with van der Waals surface area (Å²) in [5.74, 6) is 0.580. The molecule has 0 saturated heterocycles. The number of hydrogen-bond acceptors (Lipinski definition) is 5. The van der Waals surface area contributed by atoms with E-state index in [2.05, 4.69) is 15.0 Å². The number of fused-ring (bicyclic) bond motifs is 1. The Morgan fingerprint density at radius 3 is 2.76 bits per heavy atom. The first-order valence-electron chi connectivity index (χ1n) is 8.20. The molecule has 0 spiro atoms. The maximum absolute atomic E-state index is 13.4. The summed E-state index contributed by atoms with van der Waals surface area (Å²) in [5.41, 5.74) is 0.670. The van der Waals surface area contributed by atoms with Crippen LogP contribution in [0.25, 0.3) is 16.9 Å². The number of nitrogens with zero attached hydrogens (tertiary/aromatic N) is 5. The number of alkyl halides is 1. The van der Waals surface area contributed by atoms with E-state index in [4.69, 9.17) is 0 Å². The van der Waals surface area contributed by atoms with Gasteiger partial charge in [-0.25, -0.2) is 24.3 Å². The van der Waals surface area contributed by atoms with Crippen molar-refractivity contribution in [3.63, 3.8) is 0 Å². The van der Waals surface area contributed by atoms with Gasteiger partial charge < -0.3 is 0 Å². The maximum atomic E-state index is 13.4. The molecule has 3 aromatic heterocycles. The number of rotatable bonds is 5. The van der Waals surface area contributed by atoms with Crippen LogP contribution in [0.1, 0.15) is 25.5 Å². The molecule has 3 heterocycles. The molecule has 0 unspecified atom stereocenters. The minimum atomic E-state index is -0.449. The van der Waals surface area contributed by atoms with Gasteiger partial charge in [-0.3, -0.25) is 9.18 Å². The molecule has 0 atom stereocenters. The monoisotopic (exact) mass is 359 g/mol. The lowest BCUT2D eigenvalue weighted by atomic mass is 10.0. The van der Waals surface area contributed by atoms with Crippen LogP contribution in [-0.2, 0) is 12.0 Å². The molecule has 0 amide bonds. The zero-order valence-electron chi connectivity index (χ0n) is 14.1. The highest BCUT2D eigenvalue weighted by molar-refractivity contribution is 7.98. The second-order valence-electron chi connectivity index (χ2n) is 6.22. The summed E-state index contributed by atoms with van der Waals surface area (Å²) in [7, 11) is 0. The molecule has 130 valence electrons. The lowest BCUT2D eigenvalue weighted by molar-refractivity contribution is 0.411. The van der Waals surface area contributed by atoms with Crippen molar-refractivity contribution < 1.29 is 4.39 Å². The number of pyridine rings is 1. The fourth-order valence-electron chi connectivity index (χ4n) is 3.07. The Kier molecular flexibility index (Phi) is 3.87. The Bertz CT molecular complexity index is 1010. The van der Waals surface area contributed by atoms with E-state index in [1.54, 1.807) is 15.6 Å². The standard InChI is InChI=1S/C17H18FN5OS/c1-3-22-15(24)11-9-19-16(25-2)21-14(11)23(22)13-6-4-5-12(20-13)17(10-18)7-8-17/h4-6,9H,3,7-8,10H2,1-2H3. The Morgan fingerprint density at radius 2 is 2.12 bits per heavy atom. The smallest absolute Gasteiger partial charge is 0.267 e. The van der Waals surface area contributed by atoms with Crippen molar-refractivity contribution in [2.75, 3.05) is 12.9 Å². The summed E-state index contributed by atoms with van der Waals surface area (Å²) in [6.45, 7) is 1.96. The number of halogens is 1. The Hall–Kier alpha value is -2.22. The molecule has 1 aliphatic carbocycles. The number of aromatic nitrogens is 5. The minimum absolute atomic E-state index is 0.149. The third-order valence-corrected chi connectivity index (χ3v) is 5.30. The van der Waals surface area contributed by atoms with Crippen LogP contribution in [0.3, 0.4) is 0 Å². The zero-order valence-corrected chi connectivity index (χ0v) is 14.9. The molecule has 1 saturated carbocycles. The van der Waals surface area contributed by atoms with Crippen molar-refractivity contribution in [3.8, 4) is 5.82 Å². The molecule has 8 heteroatoms. The van der Waals surface area contributed by atoms with Gasteiger partial charge >= 0.3 is 0 Å². The molecular weight excluding hydrogens is 341 g/mol. The third-order valence-electron chi connectivity index (χ3n) is 4.74. The Balaban J connectivity index is 1.97. The molecule has 6 nitrogen and oxygen atoms in total. The van der Waals surface area contributed by atoms with E-state index in [9.17, 15) is 9.18 Å². The van der Waals surface area contributed by atoms with Gasteiger partial charge in [-0.05, 0) is 38.2 Å². The lowest BCUT2D eigenvalue weighted by Gasteiger charge is -2.14. The summed E-state index contributed by atoms with van der Waals surface area (Å²) in [4.78, 5) is 26.1. The van der Waals surface area contributed by atoms with Gasteiger partial charge in [-0.1, -0.05) is 17.8 Å². The molecule has 0 aliphatic heterocycles. The fraction of sp³-hybridized carbons (Fsp3) is 0.412. The van der Waals surface area contributed by atoms with Gasteiger partial charge in [-0.15, -0.1) is 0 Å².